The molecule has 1 unspecified atom stereocenters. The van der Waals surface area contributed by atoms with Crippen molar-refractivity contribution >= 4 is 34.5 Å². The molecule has 0 radical (unpaired) electrons. The zero-order valence-electron chi connectivity index (χ0n) is 7.65. The van der Waals surface area contributed by atoms with Gasteiger partial charge in [-0.2, -0.15) is 0 Å². The molecule has 5 heteroatoms. The molecule has 0 saturated carbocycles. The van der Waals surface area contributed by atoms with Gasteiger partial charge in [-0.1, -0.05) is 23.2 Å². The number of pyridine rings is 1. The Morgan fingerprint density at radius 3 is 2.67 bits per heavy atom. The monoisotopic (exact) mass is 258 g/mol. The number of nitrogens with two attached hydrogens (primary N) is 1. The van der Waals surface area contributed by atoms with Gasteiger partial charge in [-0.25, -0.2) is 0 Å². The van der Waals surface area contributed by atoms with Crippen LogP contribution >= 0.6 is 34.5 Å². The Balaban J connectivity index is 2.36. The Morgan fingerprint density at radius 1 is 1.27 bits per heavy atom. The molecule has 2 rings (SSSR count). The summed E-state index contributed by atoms with van der Waals surface area (Å²) in [6.45, 7) is 0. The lowest BCUT2D eigenvalue weighted by atomic mass is 10.1. The van der Waals surface area contributed by atoms with Gasteiger partial charge < -0.3 is 5.73 Å². The molecule has 2 aromatic rings. The molecule has 1 atom stereocenters. The summed E-state index contributed by atoms with van der Waals surface area (Å²) in [5, 5.41) is 0.578. The van der Waals surface area contributed by atoms with Crippen molar-refractivity contribution in [2.45, 2.75) is 6.04 Å². The van der Waals surface area contributed by atoms with E-state index in [2.05, 4.69) is 4.98 Å². The normalized spacial score (nSPS) is 12.7. The molecule has 2 nitrogen and oxygen atoms in total. The van der Waals surface area contributed by atoms with Gasteiger partial charge in [-0.3, -0.25) is 4.98 Å². The topological polar surface area (TPSA) is 38.9 Å². The van der Waals surface area contributed by atoms with E-state index in [1.165, 1.54) is 11.3 Å². The number of halogens is 2. The molecule has 2 N–H and O–H groups in total. The minimum absolute atomic E-state index is 0.238. The molecule has 0 amide bonds. The Morgan fingerprint density at radius 2 is 2.07 bits per heavy atom. The van der Waals surface area contributed by atoms with Crippen molar-refractivity contribution in [3.05, 3.63) is 50.4 Å². The van der Waals surface area contributed by atoms with Crippen LogP contribution in [0.1, 0.15) is 16.5 Å². The fourth-order valence-electron chi connectivity index (χ4n) is 1.29. The van der Waals surface area contributed by atoms with Crippen LogP contribution in [0.25, 0.3) is 0 Å². The fraction of sp³-hybridized carbons (Fsp3) is 0.100. The van der Waals surface area contributed by atoms with Crippen LogP contribution in [-0.2, 0) is 0 Å². The Hall–Kier alpha value is -0.610. The molecule has 2 heterocycles. The summed E-state index contributed by atoms with van der Waals surface area (Å²) in [5.41, 5.74) is 6.94. The van der Waals surface area contributed by atoms with E-state index in [4.69, 9.17) is 28.9 Å². The molecule has 0 fully saturated rings. The highest BCUT2D eigenvalue weighted by Gasteiger charge is 2.13. The molecule has 78 valence electrons. The van der Waals surface area contributed by atoms with Crippen molar-refractivity contribution in [1.29, 1.82) is 0 Å². The van der Waals surface area contributed by atoms with Crippen molar-refractivity contribution in [2.24, 2.45) is 5.73 Å². The second kappa shape index (κ2) is 4.49. The molecule has 0 aliphatic heterocycles. The lowest BCUT2D eigenvalue weighted by Crippen LogP contribution is -2.10. The molecule has 0 aromatic carbocycles. The van der Waals surface area contributed by atoms with Crippen molar-refractivity contribution in [3.63, 3.8) is 0 Å². The molecule has 0 bridgehead atoms. The third-order valence-electron chi connectivity index (χ3n) is 2.04. The average Bonchev–Trinajstić information content (AvgIpc) is 2.65. The summed E-state index contributed by atoms with van der Waals surface area (Å²) >= 11 is 13.3. The van der Waals surface area contributed by atoms with E-state index in [-0.39, 0.29) is 6.04 Å². The predicted octanol–water partition coefficient (Wildman–Crippen LogP) is 3.50. The highest BCUT2D eigenvalue weighted by Crippen LogP contribution is 2.31. The zero-order chi connectivity index (χ0) is 10.8. The van der Waals surface area contributed by atoms with Gasteiger partial charge in [0.2, 0.25) is 0 Å². The fourth-order valence-corrected chi connectivity index (χ4v) is 2.61. The van der Waals surface area contributed by atoms with Crippen molar-refractivity contribution in [2.75, 3.05) is 0 Å². The van der Waals surface area contributed by atoms with Gasteiger partial charge in [0, 0.05) is 17.3 Å². The summed E-state index contributed by atoms with van der Waals surface area (Å²) < 4.78 is 0.727. The SMILES string of the molecule is NC(c1ccc(Cl)s1)c1ccncc1Cl. The third kappa shape index (κ3) is 2.32. The van der Waals surface area contributed by atoms with Gasteiger partial charge in [0.05, 0.1) is 15.4 Å². The van der Waals surface area contributed by atoms with Crippen LogP contribution < -0.4 is 5.73 Å². The van der Waals surface area contributed by atoms with Crippen LogP contribution in [0.2, 0.25) is 9.36 Å². The number of rotatable bonds is 2. The Labute approximate surface area is 102 Å². The van der Waals surface area contributed by atoms with E-state index in [9.17, 15) is 0 Å². The van der Waals surface area contributed by atoms with Gasteiger partial charge in [0.1, 0.15) is 0 Å². The summed E-state index contributed by atoms with van der Waals surface area (Å²) in [4.78, 5) is 4.91. The van der Waals surface area contributed by atoms with Gasteiger partial charge in [0.25, 0.3) is 0 Å². The van der Waals surface area contributed by atoms with Crippen molar-refractivity contribution in [1.82, 2.24) is 4.98 Å². The van der Waals surface area contributed by atoms with E-state index >= 15 is 0 Å². The van der Waals surface area contributed by atoms with Gasteiger partial charge in [0.15, 0.2) is 0 Å². The van der Waals surface area contributed by atoms with Crippen molar-refractivity contribution < 1.29 is 0 Å². The van der Waals surface area contributed by atoms with Crippen LogP contribution in [0.15, 0.2) is 30.6 Å². The Bertz CT molecular complexity index is 470. The van der Waals surface area contributed by atoms with Gasteiger partial charge >= 0.3 is 0 Å². The standard InChI is InChI=1S/C10H8Cl2N2S/c11-7-5-14-4-3-6(7)10(13)8-1-2-9(12)15-8/h1-5,10H,13H2. The zero-order valence-corrected chi connectivity index (χ0v) is 9.98. The average molecular weight is 259 g/mol. The summed E-state index contributed by atoms with van der Waals surface area (Å²) in [5.74, 6) is 0. The smallest absolute Gasteiger partial charge is 0.0931 e. The molecule has 0 aliphatic carbocycles. The maximum Gasteiger partial charge on any atom is 0.0931 e. The van der Waals surface area contributed by atoms with E-state index in [0.29, 0.717) is 5.02 Å². The van der Waals surface area contributed by atoms with Crippen LogP contribution in [0.5, 0.6) is 0 Å². The first-order valence-electron chi connectivity index (χ1n) is 4.28. The largest absolute Gasteiger partial charge is 0.320 e. The van der Waals surface area contributed by atoms with E-state index in [1.807, 2.05) is 18.2 Å². The predicted molar refractivity (Wildman–Crippen MR) is 64.6 cm³/mol. The van der Waals surface area contributed by atoms with E-state index < -0.39 is 0 Å². The van der Waals surface area contributed by atoms with E-state index in [0.717, 1.165) is 14.8 Å². The summed E-state index contributed by atoms with van der Waals surface area (Å²) in [6.07, 6.45) is 3.27. The lowest BCUT2D eigenvalue weighted by molar-refractivity contribution is 0.889. The molecule has 15 heavy (non-hydrogen) atoms. The summed E-state index contributed by atoms with van der Waals surface area (Å²) in [7, 11) is 0. The molecule has 0 saturated heterocycles. The second-order valence-corrected chi connectivity index (χ2v) is 5.17. The third-order valence-corrected chi connectivity index (χ3v) is 3.67. The van der Waals surface area contributed by atoms with E-state index in [1.54, 1.807) is 12.4 Å². The van der Waals surface area contributed by atoms with Gasteiger partial charge in [-0.15, -0.1) is 11.3 Å². The number of nitrogens with zero attached hydrogens (tertiary/aromatic N) is 1. The first-order chi connectivity index (χ1) is 7.18. The second-order valence-electron chi connectivity index (χ2n) is 3.02. The number of hydrogen-bond donors (Lipinski definition) is 1. The molecule has 0 spiro atoms. The van der Waals surface area contributed by atoms with Crippen LogP contribution in [0, 0.1) is 0 Å². The lowest BCUT2D eigenvalue weighted by Gasteiger charge is -2.10. The highest BCUT2D eigenvalue weighted by atomic mass is 35.5. The number of hydrogen-bond acceptors (Lipinski definition) is 3. The number of thiophene rings is 1. The maximum atomic E-state index is 6.07. The molecular formula is C10H8Cl2N2S. The van der Waals surface area contributed by atoms with Crippen LogP contribution in [0.4, 0.5) is 0 Å². The first kappa shape index (κ1) is 10.9. The molecule has 0 aliphatic rings. The van der Waals surface area contributed by atoms with Crippen molar-refractivity contribution in [3.8, 4) is 0 Å². The summed E-state index contributed by atoms with van der Waals surface area (Å²) in [6, 6.07) is 5.32. The maximum absolute atomic E-state index is 6.07. The first-order valence-corrected chi connectivity index (χ1v) is 5.86. The van der Waals surface area contributed by atoms with Crippen LogP contribution in [-0.4, -0.2) is 4.98 Å². The van der Waals surface area contributed by atoms with Gasteiger partial charge in [-0.05, 0) is 23.8 Å². The highest BCUT2D eigenvalue weighted by molar-refractivity contribution is 7.16. The Kier molecular flexibility index (Phi) is 3.26. The quantitative estimate of drug-likeness (QED) is 0.896. The minimum atomic E-state index is -0.238. The number of aromatic nitrogens is 1. The minimum Gasteiger partial charge on any atom is -0.320 e. The molecular weight excluding hydrogens is 251 g/mol. The van der Waals surface area contributed by atoms with Crippen LogP contribution in [0.3, 0.4) is 0 Å². The molecule has 2 aromatic heterocycles.